The smallest absolute Gasteiger partial charge is 0.332 e. The van der Waals surface area contributed by atoms with Crippen molar-refractivity contribution in [3.8, 4) is 0 Å². The van der Waals surface area contributed by atoms with Crippen LogP contribution < -0.4 is 16.6 Å². The van der Waals surface area contributed by atoms with E-state index >= 15 is 0 Å². The highest BCUT2D eigenvalue weighted by Crippen LogP contribution is 2.07. The van der Waals surface area contributed by atoms with Crippen LogP contribution in [0.4, 0.5) is 5.95 Å². The van der Waals surface area contributed by atoms with E-state index in [4.69, 9.17) is 0 Å². The number of aryl methyl sites for hydroxylation is 1. The van der Waals surface area contributed by atoms with Gasteiger partial charge in [0.25, 0.3) is 5.56 Å². The van der Waals surface area contributed by atoms with Gasteiger partial charge in [-0.15, -0.1) is 0 Å². The van der Waals surface area contributed by atoms with Gasteiger partial charge in [-0.25, -0.2) is 4.79 Å². The summed E-state index contributed by atoms with van der Waals surface area (Å²) in [6.45, 7) is 1.26. The lowest BCUT2D eigenvalue weighted by atomic mass is 10.5. The van der Waals surface area contributed by atoms with Gasteiger partial charge < -0.3 is 10.3 Å². The molecule has 3 rings (SSSR count). The predicted octanol–water partition coefficient (Wildman–Crippen LogP) is -0.731. The van der Waals surface area contributed by atoms with Crippen molar-refractivity contribution in [1.82, 2.24) is 28.9 Å². The number of hydrogen-bond acceptors (Lipinski definition) is 5. The van der Waals surface area contributed by atoms with Crippen molar-refractivity contribution in [1.29, 1.82) is 0 Å². The number of nitrogens with zero attached hydrogens (tertiary/aromatic N) is 5. The zero-order valence-electron chi connectivity index (χ0n) is 11.7. The molecule has 0 aliphatic carbocycles. The molecule has 0 aliphatic rings. The summed E-state index contributed by atoms with van der Waals surface area (Å²) in [5.74, 6) is 0.454. The zero-order valence-corrected chi connectivity index (χ0v) is 11.7. The zero-order chi connectivity index (χ0) is 15.0. The normalized spacial score (nSPS) is 11.1. The van der Waals surface area contributed by atoms with E-state index in [1.54, 1.807) is 17.9 Å². The lowest BCUT2D eigenvalue weighted by Crippen LogP contribution is -2.36. The van der Waals surface area contributed by atoms with E-state index in [9.17, 15) is 9.59 Å². The minimum Gasteiger partial charge on any atom is -0.354 e. The van der Waals surface area contributed by atoms with Gasteiger partial charge in [0.2, 0.25) is 5.95 Å². The third-order valence-electron chi connectivity index (χ3n) is 3.29. The molecule has 3 heterocycles. The Kier molecular flexibility index (Phi) is 3.09. The molecule has 0 saturated heterocycles. The second kappa shape index (κ2) is 4.93. The van der Waals surface area contributed by atoms with Crippen LogP contribution in [0.25, 0.3) is 11.2 Å². The first-order chi connectivity index (χ1) is 10.1. The molecule has 0 aromatic carbocycles. The number of nitrogens with one attached hydrogen (secondary N) is 2. The summed E-state index contributed by atoms with van der Waals surface area (Å²) in [4.78, 5) is 31.0. The molecule has 0 amide bonds. The Morgan fingerprint density at radius 3 is 2.81 bits per heavy atom. The molecule has 110 valence electrons. The van der Waals surface area contributed by atoms with Crippen molar-refractivity contribution >= 4 is 17.1 Å². The lowest BCUT2D eigenvalue weighted by Gasteiger charge is -2.02. The third kappa shape index (κ3) is 2.22. The van der Waals surface area contributed by atoms with Crippen molar-refractivity contribution in [2.24, 2.45) is 14.1 Å². The summed E-state index contributed by atoms with van der Waals surface area (Å²) in [7, 11) is 3.02. The summed E-state index contributed by atoms with van der Waals surface area (Å²) in [5.41, 5.74) is -0.145. The topological polar surface area (TPSA) is 103 Å². The SMILES string of the molecule is Cn1c(=O)c2[nH]c(NCCn3cccn3)nc2n(C)c1=O. The highest BCUT2D eigenvalue weighted by Gasteiger charge is 2.12. The first kappa shape index (κ1) is 13.2. The molecule has 3 aromatic rings. The van der Waals surface area contributed by atoms with Crippen molar-refractivity contribution < 1.29 is 0 Å². The molecule has 9 nitrogen and oxygen atoms in total. The minimum atomic E-state index is -0.401. The number of rotatable bonds is 4. The van der Waals surface area contributed by atoms with Gasteiger partial charge in [-0.1, -0.05) is 0 Å². The number of aromatic amines is 1. The van der Waals surface area contributed by atoms with Crippen LogP contribution in [0.2, 0.25) is 0 Å². The van der Waals surface area contributed by atoms with E-state index in [0.717, 1.165) is 4.57 Å². The summed E-state index contributed by atoms with van der Waals surface area (Å²) in [5, 5.41) is 7.16. The molecule has 0 fully saturated rings. The van der Waals surface area contributed by atoms with Crippen LogP contribution in [0.3, 0.4) is 0 Å². The Morgan fingerprint density at radius 1 is 1.29 bits per heavy atom. The van der Waals surface area contributed by atoms with E-state index in [1.807, 2.05) is 12.3 Å². The van der Waals surface area contributed by atoms with Gasteiger partial charge in [-0.2, -0.15) is 10.1 Å². The molecular weight excluding hydrogens is 274 g/mol. The molecule has 21 heavy (non-hydrogen) atoms. The maximum absolute atomic E-state index is 12.0. The Labute approximate surface area is 118 Å². The van der Waals surface area contributed by atoms with Crippen LogP contribution in [-0.2, 0) is 20.6 Å². The van der Waals surface area contributed by atoms with Gasteiger partial charge in [-0.05, 0) is 6.07 Å². The number of anilines is 1. The molecule has 0 unspecified atom stereocenters. The molecule has 2 N–H and O–H groups in total. The fraction of sp³-hybridized carbons (Fsp3) is 0.333. The van der Waals surface area contributed by atoms with Crippen LogP contribution in [0.1, 0.15) is 0 Å². The summed E-state index contributed by atoms with van der Waals surface area (Å²) in [6.07, 6.45) is 3.57. The number of hydrogen-bond donors (Lipinski definition) is 2. The highest BCUT2D eigenvalue weighted by atomic mass is 16.2. The van der Waals surface area contributed by atoms with E-state index in [1.165, 1.54) is 11.6 Å². The highest BCUT2D eigenvalue weighted by molar-refractivity contribution is 5.72. The van der Waals surface area contributed by atoms with E-state index in [-0.39, 0.29) is 5.56 Å². The Bertz CT molecular complexity index is 885. The van der Waals surface area contributed by atoms with Crippen LogP contribution in [0.5, 0.6) is 0 Å². The fourth-order valence-corrected chi connectivity index (χ4v) is 2.13. The molecule has 0 atom stereocenters. The Hall–Kier alpha value is -2.84. The molecular formula is C12H15N7O2. The molecule has 9 heteroatoms. The second-order valence-corrected chi connectivity index (χ2v) is 4.69. The molecule has 0 radical (unpaired) electrons. The van der Waals surface area contributed by atoms with Crippen LogP contribution >= 0.6 is 0 Å². The Balaban J connectivity index is 1.88. The van der Waals surface area contributed by atoms with Gasteiger partial charge in [0, 0.05) is 33.0 Å². The number of imidazole rings is 1. The van der Waals surface area contributed by atoms with Crippen molar-refractivity contribution in [3.63, 3.8) is 0 Å². The number of H-pyrrole nitrogens is 1. The van der Waals surface area contributed by atoms with Gasteiger partial charge in [0.15, 0.2) is 11.2 Å². The number of aromatic nitrogens is 6. The maximum Gasteiger partial charge on any atom is 0.332 e. The predicted molar refractivity (Wildman–Crippen MR) is 77.3 cm³/mol. The fourth-order valence-electron chi connectivity index (χ4n) is 2.13. The standard InChI is InChI=1S/C12H15N7O2/c1-17-9-8(10(20)18(2)12(17)21)15-11(16-9)13-5-7-19-6-3-4-14-19/h3-4,6H,5,7H2,1-2H3,(H2,13,15,16). The minimum absolute atomic E-state index is 0.307. The molecule has 0 saturated carbocycles. The van der Waals surface area contributed by atoms with Crippen molar-refractivity contribution in [2.75, 3.05) is 11.9 Å². The van der Waals surface area contributed by atoms with Crippen LogP contribution in [0, 0.1) is 0 Å². The average Bonchev–Trinajstić information content (AvgIpc) is 3.12. The summed E-state index contributed by atoms with van der Waals surface area (Å²) in [6, 6.07) is 1.85. The van der Waals surface area contributed by atoms with E-state index < -0.39 is 5.69 Å². The van der Waals surface area contributed by atoms with Crippen molar-refractivity contribution in [2.45, 2.75) is 6.54 Å². The molecule has 0 spiro atoms. The average molecular weight is 289 g/mol. The molecule has 0 aliphatic heterocycles. The molecule has 0 bridgehead atoms. The van der Waals surface area contributed by atoms with Gasteiger partial charge in [0.05, 0.1) is 6.54 Å². The van der Waals surface area contributed by atoms with Crippen LogP contribution in [-0.4, -0.2) is 35.4 Å². The maximum atomic E-state index is 12.0. The first-order valence-electron chi connectivity index (χ1n) is 6.45. The molecule has 3 aromatic heterocycles. The van der Waals surface area contributed by atoms with Gasteiger partial charge in [-0.3, -0.25) is 18.6 Å². The van der Waals surface area contributed by atoms with Gasteiger partial charge in [0.1, 0.15) is 0 Å². The number of fused-ring (bicyclic) bond motifs is 1. The monoisotopic (exact) mass is 289 g/mol. The van der Waals surface area contributed by atoms with E-state index in [0.29, 0.717) is 30.2 Å². The Morgan fingerprint density at radius 2 is 2.10 bits per heavy atom. The summed E-state index contributed by atoms with van der Waals surface area (Å²) < 4.78 is 4.17. The van der Waals surface area contributed by atoms with Gasteiger partial charge >= 0.3 is 5.69 Å². The second-order valence-electron chi connectivity index (χ2n) is 4.69. The van der Waals surface area contributed by atoms with E-state index in [2.05, 4.69) is 20.4 Å². The largest absolute Gasteiger partial charge is 0.354 e. The quantitative estimate of drug-likeness (QED) is 0.659. The lowest BCUT2D eigenvalue weighted by molar-refractivity contribution is 0.636. The van der Waals surface area contributed by atoms with Crippen LogP contribution in [0.15, 0.2) is 28.0 Å². The first-order valence-corrected chi connectivity index (χ1v) is 6.45. The van der Waals surface area contributed by atoms with Crippen molar-refractivity contribution in [3.05, 3.63) is 39.3 Å². The summed E-state index contributed by atoms with van der Waals surface area (Å²) >= 11 is 0. The third-order valence-corrected chi connectivity index (χ3v) is 3.29.